The maximum absolute atomic E-state index is 12.0. The maximum atomic E-state index is 12.0. The van der Waals surface area contributed by atoms with Crippen LogP contribution in [0.1, 0.15) is 0 Å². The summed E-state index contributed by atoms with van der Waals surface area (Å²) in [7, 11) is 0. The fraction of sp³-hybridized carbons (Fsp3) is 0. The standard InChI is InChI=1S/C22H16Cl2N4O/c23-14-1-6-17(7-2-14)28(22(25)29)18-8-4-16(5-9-18)27-20-11-12-26-21-13-15(24)3-10-19(20)21/h1-13H,(H2,25,29)(H,26,27). The molecule has 0 fully saturated rings. The molecule has 0 radical (unpaired) electrons. The molecule has 4 rings (SSSR count). The third-order valence-electron chi connectivity index (χ3n) is 4.41. The van der Waals surface area contributed by atoms with Crippen molar-refractivity contribution in [1.29, 1.82) is 0 Å². The van der Waals surface area contributed by atoms with Crippen LogP contribution in [0.25, 0.3) is 10.9 Å². The van der Waals surface area contributed by atoms with Gasteiger partial charge in [-0.15, -0.1) is 0 Å². The second-order valence-corrected chi connectivity index (χ2v) is 7.21. The molecular formula is C22H16Cl2N4O. The number of nitrogens with zero attached hydrogens (tertiary/aromatic N) is 2. The van der Waals surface area contributed by atoms with Crippen molar-refractivity contribution in [2.24, 2.45) is 5.73 Å². The highest BCUT2D eigenvalue weighted by Gasteiger charge is 2.15. The van der Waals surface area contributed by atoms with Gasteiger partial charge in [0.1, 0.15) is 0 Å². The van der Waals surface area contributed by atoms with E-state index in [-0.39, 0.29) is 0 Å². The minimum Gasteiger partial charge on any atom is -0.355 e. The summed E-state index contributed by atoms with van der Waals surface area (Å²) in [6.45, 7) is 0. The van der Waals surface area contributed by atoms with Crippen molar-refractivity contribution in [2.45, 2.75) is 0 Å². The molecule has 0 bridgehead atoms. The van der Waals surface area contributed by atoms with Crippen LogP contribution in [-0.2, 0) is 0 Å². The van der Waals surface area contributed by atoms with Gasteiger partial charge in [0.15, 0.2) is 0 Å². The van der Waals surface area contributed by atoms with Gasteiger partial charge in [0.25, 0.3) is 0 Å². The Bertz CT molecular complexity index is 1180. The Morgan fingerprint density at radius 3 is 2.14 bits per heavy atom. The molecular weight excluding hydrogens is 407 g/mol. The number of hydrogen-bond acceptors (Lipinski definition) is 3. The number of rotatable bonds is 4. The summed E-state index contributed by atoms with van der Waals surface area (Å²) in [4.78, 5) is 17.8. The average molecular weight is 423 g/mol. The highest BCUT2D eigenvalue weighted by atomic mass is 35.5. The molecule has 1 heterocycles. The van der Waals surface area contributed by atoms with Crippen LogP contribution < -0.4 is 16.0 Å². The molecule has 0 aliphatic heterocycles. The van der Waals surface area contributed by atoms with Crippen LogP contribution in [0.15, 0.2) is 79.0 Å². The molecule has 3 aromatic carbocycles. The summed E-state index contributed by atoms with van der Waals surface area (Å²) in [6.07, 6.45) is 1.73. The predicted molar refractivity (Wildman–Crippen MR) is 120 cm³/mol. The SMILES string of the molecule is NC(=O)N(c1ccc(Cl)cc1)c1ccc(Nc2ccnc3cc(Cl)ccc23)cc1. The van der Waals surface area contributed by atoms with Crippen LogP contribution in [0.3, 0.4) is 0 Å². The first-order valence-corrected chi connectivity index (χ1v) is 9.53. The lowest BCUT2D eigenvalue weighted by Gasteiger charge is -2.21. The number of primary amides is 1. The Hall–Kier alpha value is -3.28. The molecule has 144 valence electrons. The lowest BCUT2D eigenvalue weighted by Crippen LogP contribution is -2.31. The maximum Gasteiger partial charge on any atom is 0.323 e. The molecule has 4 aromatic rings. The summed E-state index contributed by atoms with van der Waals surface area (Å²) in [5, 5.41) is 5.56. The van der Waals surface area contributed by atoms with Crippen LogP contribution >= 0.6 is 23.2 Å². The number of carbonyl (C=O) groups is 1. The average Bonchev–Trinajstić information content (AvgIpc) is 2.70. The normalized spacial score (nSPS) is 10.7. The monoisotopic (exact) mass is 422 g/mol. The zero-order valence-corrected chi connectivity index (χ0v) is 16.7. The number of anilines is 4. The molecule has 3 N–H and O–H groups in total. The van der Waals surface area contributed by atoms with Gasteiger partial charge in [0, 0.05) is 33.0 Å². The Balaban J connectivity index is 1.62. The largest absolute Gasteiger partial charge is 0.355 e. The van der Waals surface area contributed by atoms with Crippen molar-refractivity contribution < 1.29 is 4.79 Å². The van der Waals surface area contributed by atoms with Gasteiger partial charge in [0.2, 0.25) is 0 Å². The predicted octanol–water partition coefficient (Wildman–Crippen LogP) is 6.50. The van der Waals surface area contributed by atoms with Crippen molar-refractivity contribution in [3.63, 3.8) is 0 Å². The molecule has 0 unspecified atom stereocenters. The summed E-state index contributed by atoms with van der Waals surface area (Å²) >= 11 is 12.0. The number of nitrogens with one attached hydrogen (secondary N) is 1. The van der Waals surface area contributed by atoms with E-state index in [2.05, 4.69) is 10.3 Å². The van der Waals surface area contributed by atoms with Crippen molar-refractivity contribution in [2.75, 3.05) is 10.2 Å². The number of hydrogen-bond donors (Lipinski definition) is 2. The molecule has 29 heavy (non-hydrogen) atoms. The van der Waals surface area contributed by atoms with E-state index < -0.39 is 6.03 Å². The number of urea groups is 1. The number of benzene rings is 3. The molecule has 7 heteroatoms. The fourth-order valence-corrected chi connectivity index (χ4v) is 3.37. The van der Waals surface area contributed by atoms with Crippen LogP contribution in [0, 0.1) is 0 Å². The lowest BCUT2D eigenvalue weighted by atomic mass is 10.1. The van der Waals surface area contributed by atoms with Gasteiger partial charge >= 0.3 is 6.03 Å². The van der Waals surface area contributed by atoms with Crippen LogP contribution in [0.2, 0.25) is 10.0 Å². The highest BCUT2D eigenvalue weighted by Crippen LogP contribution is 2.30. The summed E-state index contributed by atoms with van der Waals surface area (Å²) in [5.41, 5.74) is 9.46. The molecule has 0 spiro atoms. The van der Waals surface area contributed by atoms with Crippen molar-refractivity contribution in [3.05, 3.63) is 89.0 Å². The molecule has 5 nitrogen and oxygen atoms in total. The van der Waals surface area contributed by atoms with Gasteiger partial charge < -0.3 is 11.1 Å². The number of aromatic nitrogens is 1. The smallest absolute Gasteiger partial charge is 0.323 e. The van der Waals surface area contributed by atoms with E-state index in [9.17, 15) is 4.79 Å². The van der Waals surface area contributed by atoms with Gasteiger partial charge in [-0.1, -0.05) is 23.2 Å². The molecule has 2 amide bonds. The van der Waals surface area contributed by atoms with E-state index in [1.54, 1.807) is 30.5 Å². The first-order valence-electron chi connectivity index (χ1n) is 8.78. The molecule has 0 aliphatic carbocycles. The first kappa shape index (κ1) is 19.1. The first-order chi connectivity index (χ1) is 14.0. The van der Waals surface area contributed by atoms with Crippen molar-refractivity contribution in [1.82, 2.24) is 4.98 Å². The highest BCUT2D eigenvalue weighted by molar-refractivity contribution is 6.31. The zero-order chi connectivity index (χ0) is 20.4. The molecule has 1 aromatic heterocycles. The number of carbonyl (C=O) groups excluding carboxylic acids is 1. The molecule has 0 saturated carbocycles. The topological polar surface area (TPSA) is 71.2 Å². The molecule has 0 atom stereocenters. The van der Waals surface area contributed by atoms with Crippen LogP contribution in [-0.4, -0.2) is 11.0 Å². The summed E-state index contributed by atoms with van der Waals surface area (Å²) in [6, 6.07) is 21.2. The van der Waals surface area contributed by atoms with Gasteiger partial charge in [-0.3, -0.25) is 9.88 Å². The Morgan fingerprint density at radius 2 is 1.48 bits per heavy atom. The van der Waals surface area contributed by atoms with Gasteiger partial charge in [0.05, 0.1) is 16.9 Å². The van der Waals surface area contributed by atoms with Gasteiger partial charge in [-0.25, -0.2) is 4.79 Å². The Kier molecular flexibility index (Phi) is 5.25. The number of fused-ring (bicyclic) bond motifs is 1. The van der Waals surface area contributed by atoms with Gasteiger partial charge in [-0.2, -0.15) is 0 Å². The fourth-order valence-electron chi connectivity index (χ4n) is 3.07. The summed E-state index contributed by atoms with van der Waals surface area (Å²) in [5.74, 6) is 0. The van der Waals surface area contributed by atoms with Crippen LogP contribution in [0.5, 0.6) is 0 Å². The third-order valence-corrected chi connectivity index (χ3v) is 4.90. The minimum absolute atomic E-state index is 0.579. The van der Waals surface area contributed by atoms with E-state index >= 15 is 0 Å². The second-order valence-electron chi connectivity index (χ2n) is 6.34. The van der Waals surface area contributed by atoms with E-state index in [4.69, 9.17) is 28.9 Å². The minimum atomic E-state index is -0.579. The van der Waals surface area contributed by atoms with E-state index in [1.165, 1.54) is 4.90 Å². The second kappa shape index (κ2) is 7.99. The zero-order valence-electron chi connectivity index (χ0n) is 15.1. The molecule has 0 saturated heterocycles. The van der Waals surface area contributed by atoms with E-state index in [0.717, 1.165) is 22.3 Å². The van der Waals surface area contributed by atoms with E-state index in [0.29, 0.717) is 21.4 Å². The Labute approximate surface area is 177 Å². The summed E-state index contributed by atoms with van der Waals surface area (Å²) < 4.78 is 0. The van der Waals surface area contributed by atoms with Crippen molar-refractivity contribution >= 4 is 62.9 Å². The Morgan fingerprint density at radius 1 is 0.862 bits per heavy atom. The van der Waals surface area contributed by atoms with Crippen LogP contribution in [0.4, 0.5) is 27.5 Å². The van der Waals surface area contributed by atoms with Gasteiger partial charge in [-0.05, 0) is 72.8 Å². The van der Waals surface area contributed by atoms with E-state index in [1.807, 2.05) is 48.5 Å². The number of nitrogens with two attached hydrogens (primary N) is 1. The number of halogens is 2. The van der Waals surface area contributed by atoms with Crippen molar-refractivity contribution in [3.8, 4) is 0 Å². The quantitative estimate of drug-likeness (QED) is 0.394. The molecule has 0 aliphatic rings. The lowest BCUT2D eigenvalue weighted by molar-refractivity contribution is 0.256. The third kappa shape index (κ3) is 4.11. The number of pyridine rings is 1. The number of amides is 2.